The molecule has 2 aliphatic carbocycles. The Morgan fingerprint density at radius 1 is 1.20 bits per heavy atom. The van der Waals surface area contributed by atoms with Gasteiger partial charge in [0.05, 0.1) is 19.2 Å². The van der Waals surface area contributed by atoms with Crippen LogP contribution in [0.4, 0.5) is 31.1 Å². The molecule has 3 heterocycles. The van der Waals surface area contributed by atoms with E-state index in [-0.39, 0.29) is 53.6 Å². The molecular weight excluding hydrogens is 602 g/mol. The molecule has 1 saturated heterocycles. The summed E-state index contributed by atoms with van der Waals surface area (Å²) in [7, 11) is 1.28. The molecule has 0 spiro atoms. The second-order valence-corrected chi connectivity index (χ2v) is 11.5. The van der Waals surface area contributed by atoms with Gasteiger partial charge in [-0.25, -0.2) is 27.6 Å². The number of carbonyl (C=O) groups excluding carboxylic acids is 2. The van der Waals surface area contributed by atoms with Crippen molar-refractivity contribution in [2.45, 2.75) is 74.7 Å². The van der Waals surface area contributed by atoms with E-state index in [0.29, 0.717) is 5.69 Å². The van der Waals surface area contributed by atoms with E-state index >= 15 is 4.39 Å². The number of aromatic nitrogens is 3. The molecule has 1 aliphatic heterocycles. The Hall–Kier alpha value is -3.89. The predicted molar refractivity (Wildman–Crippen MR) is 137 cm³/mol. The van der Waals surface area contributed by atoms with Crippen LogP contribution in [-0.2, 0) is 4.74 Å². The topological polar surface area (TPSA) is 136 Å². The minimum Gasteiger partial charge on any atom is -0.435 e. The smallest absolute Gasteiger partial charge is 0.410 e. The predicted octanol–water partition coefficient (Wildman–Crippen LogP) is 5.17. The average molecular weight is 631 g/mol. The molecule has 11 nitrogen and oxygen atoms in total. The van der Waals surface area contributed by atoms with Crippen molar-refractivity contribution in [2.75, 3.05) is 20.3 Å². The highest BCUT2D eigenvalue weighted by molar-refractivity contribution is 5.93. The zero-order valence-corrected chi connectivity index (χ0v) is 23.3. The number of oxazole rings is 1. The summed E-state index contributed by atoms with van der Waals surface area (Å²) in [4.78, 5) is 31.0. The molecule has 2 aromatic heterocycles. The molecule has 3 atom stereocenters. The van der Waals surface area contributed by atoms with Crippen LogP contribution < -0.4 is 10.6 Å². The Morgan fingerprint density at radius 2 is 1.93 bits per heavy atom. The lowest BCUT2D eigenvalue weighted by Gasteiger charge is -2.32. The number of benzene rings is 1. The lowest BCUT2D eigenvalue weighted by atomic mass is 9.82. The van der Waals surface area contributed by atoms with Gasteiger partial charge in [0.1, 0.15) is 23.3 Å². The molecule has 3 amide bonds. The van der Waals surface area contributed by atoms with Gasteiger partial charge in [0, 0.05) is 25.9 Å². The third-order valence-electron chi connectivity index (χ3n) is 8.38. The van der Waals surface area contributed by atoms with Gasteiger partial charge in [-0.3, -0.25) is 4.79 Å². The molecule has 3 fully saturated rings. The normalized spacial score (nSPS) is 22.3. The van der Waals surface area contributed by atoms with Gasteiger partial charge in [0.25, 0.3) is 5.91 Å². The zero-order valence-electron chi connectivity index (χ0n) is 23.3. The average Bonchev–Trinajstić information content (AvgIpc) is 3.33. The summed E-state index contributed by atoms with van der Waals surface area (Å²) in [5.41, 5.74) is 0.0564. The van der Waals surface area contributed by atoms with Crippen LogP contribution in [0.2, 0.25) is 0 Å². The fraction of sp³-hybridized carbons (Fsp3) is 0.593. The van der Waals surface area contributed by atoms with Crippen molar-refractivity contribution in [3.8, 4) is 0 Å². The highest BCUT2D eigenvalue weighted by atomic mass is 19.4. The van der Waals surface area contributed by atoms with Crippen LogP contribution in [-0.4, -0.2) is 70.5 Å². The van der Waals surface area contributed by atoms with E-state index in [1.807, 2.05) is 5.32 Å². The number of nitrogens with one attached hydrogen (secondary N) is 2. The number of urea groups is 1. The molecule has 238 valence electrons. The summed E-state index contributed by atoms with van der Waals surface area (Å²) in [6.45, 7) is -0.974. The first kappa shape index (κ1) is 30.1. The molecule has 17 heteroatoms. The van der Waals surface area contributed by atoms with Crippen LogP contribution in [0, 0.1) is 11.7 Å². The van der Waals surface area contributed by atoms with Crippen molar-refractivity contribution in [3.63, 3.8) is 0 Å². The van der Waals surface area contributed by atoms with Crippen molar-refractivity contribution >= 4 is 23.0 Å². The number of alkyl halides is 5. The number of ether oxygens (including phenoxy) is 1. The zero-order chi connectivity index (χ0) is 31.4. The summed E-state index contributed by atoms with van der Waals surface area (Å²) in [5.74, 6) is -5.16. The third-order valence-corrected chi connectivity index (χ3v) is 8.38. The minimum atomic E-state index is -4.69. The van der Waals surface area contributed by atoms with E-state index in [1.165, 1.54) is 13.2 Å². The highest BCUT2D eigenvalue weighted by Gasteiger charge is 2.49. The van der Waals surface area contributed by atoms with E-state index in [0.717, 1.165) is 23.8 Å². The van der Waals surface area contributed by atoms with Crippen LogP contribution in [0.1, 0.15) is 84.2 Å². The second kappa shape index (κ2) is 11.2. The number of nitrogens with zero attached hydrogens (tertiary/aromatic N) is 4. The van der Waals surface area contributed by atoms with E-state index in [4.69, 9.17) is 13.8 Å². The van der Waals surface area contributed by atoms with Crippen molar-refractivity contribution in [1.29, 1.82) is 0 Å². The first-order valence-electron chi connectivity index (χ1n) is 14.1. The maximum absolute atomic E-state index is 15.5. The maximum atomic E-state index is 15.5. The third kappa shape index (κ3) is 5.93. The standard InChI is InChI=1S/C27H28F6N6O5/c1-42-11-17(39-10-18(27(31,32)33)35-25(39)41)14-8-15(28)22-16(9-14)34-24(43-22)20(13-4-6-26(29,30)7-5-13)36-23(40)21-19(12-2-3-12)37-44-38-21/h8-9,12-13,17-18,20H,2-7,10-11H2,1H3,(H,35,41)(H,36,40)/t17-,18-,20-/m0/s1. The molecule has 0 bridgehead atoms. The van der Waals surface area contributed by atoms with Crippen molar-refractivity contribution in [1.82, 2.24) is 30.8 Å². The van der Waals surface area contributed by atoms with Crippen LogP contribution in [0.25, 0.3) is 11.1 Å². The molecule has 0 unspecified atom stereocenters. The van der Waals surface area contributed by atoms with Crippen molar-refractivity contribution in [3.05, 3.63) is 40.8 Å². The molecule has 1 aromatic carbocycles. The number of methoxy groups -OCH3 is 1. The van der Waals surface area contributed by atoms with Gasteiger partial charge in [0.15, 0.2) is 17.1 Å². The van der Waals surface area contributed by atoms with Crippen LogP contribution >= 0.6 is 0 Å². The number of fused-ring (bicyclic) bond motifs is 1. The van der Waals surface area contributed by atoms with Crippen LogP contribution in [0.3, 0.4) is 0 Å². The van der Waals surface area contributed by atoms with Gasteiger partial charge in [-0.15, -0.1) is 0 Å². The Bertz CT molecular complexity index is 1550. The first-order valence-corrected chi connectivity index (χ1v) is 14.1. The Balaban J connectivity index is 1.33. The largest absolute Gasteiger partial charge is 0.435 e. The number of carbonyl (C=O) groups is 2. The Kier molecular flexibility index (Phi) is 7.70. The summed E-state index contributed by atoms with van der Waals surface area (Å²) >= 11 is 0. The van der Waals surface area contributed by atoms with E-state index in [9.17, 15) is 31.5 Å². The number of hydrogen-bond acceptors (Lipinski definition) is 8. The highest BCUT2D eigenvalue weighted by Crippen LogP contribution is 2.43. The van der Waals surface area contributed by atoms with E-state index in [2.05, 4.69) is 20.6 Å². The van der Waals surface area contributed by atoms with Crippen LogP contribution in [0.5, 0.6) is 0 Å². The number of hydrogen-bond donors (Lipinski definition) is 2. The summed E-state index contributed by atoms with van der Waals surface area (Å²) in [5, 5.41) is 12.2. The quantitative estimate of drug-likeness (QED) is 0.310. The van der Waals surface area contributed by atoms with Gasteiger partial charge in [-0.05, 0) is 54.5 Å². The molecule has 0 radical (unpaired) electrons. The fourth-order valence-electron chi connectivity index (χ4n) is 5.85. The summed E-state index contributed by atoms with van der Waals surface area (Å²) in [6.07, 6.45) is -3.92. The molecule has 2 N–H and O–H groups in total. The van der Waals surface area contributed by atoms with E-state index < -0.39 is 73.3 Å². The number of amides is 3. The van der Waals surface area contributed by atoms with Gasteiger partial charge in [-0.2, -0.15) is 13.2 Å². The molecule has 6 rings (SSSR count). The monoisotopic (exact) mass is 630 g/mol. The summed E-state index contributed by atoms with van der Waals surface area (Å²) < 4.78 is 99.1. The minimum absolute atomic E-state index is 0.0112. The van der Waals surface area contributed by atoms with Crippen LogP contribution in [0.15, 0.2) is 21.2 Å². The second-order valence-electron chi connectivity index (χ2n) is 11.5. The lowest BCUT2D eigenvalue weighted by Crippen LogP contribution is -2.40. The van der Waals surface area contributed by atoms with Gasteiger partial charge in [0.2, 0.25) is 11.8 Å². The van der Waals surface area contributed by atoms with Crippen molar-refractivity contribution < 1.29 is 49.7 Å². The molecule has 3 aliphatic rings. The lowest BCUT2D eigenvalue weighted by molar-refractivity contribution is -0.150. The Labute approximate surface area is 245 Å². The summed E-state index contributed by atoms with van der Waals surface area (Å²) in [6, 6.07) is -2.92. The van der Waals surface area contributed by atoms with Gasteiger partial charge >= 0.3 is 12.2 Å². The number of halogens is 6. The van der Waals surface area contributed by atoms with E-state index in [1.54, 1.807) is 0 Å². The maximum Gasteiger partial charge on any atom is 0.410 e. The number of rotatable bonds is 9. The van der Waals surface area contributed by atoms with Gasteiger partial charge in [-0.1, -0.05) is 5.16 Å². The molecule has 44 heavy (non-hydrogen) atoms. The van der Waals surface area contributed by atoms with Gasteiger partial charge < -0.3 is 24.7 Å². The SMILES string of the molecule is COC[C@@H](c1cc(F)c2oc([C@@H](NC(=O)c3nonc3C3CC3)C3CCC(F)(F)CC3)nc2c1)N1C[C@@H](C(F)(F)F)NC1=O. The fourth-order valence-corrected chi connectivity index (χ4v) is 5.85. The van der Waals surface area contributed by atoms with Crippen molar-refractivity contribution in [2.24, 2.45) is 5.92 Å². The molecule has 3 aromatic rings. The molecular formula is C27H28F6N6O5. The molecule has 2 saturated carbocycles. The Morgan fingerprint density at radius 3 is 2.57 bits per heavy atom. The first-order chi connectivity index (χ1) is 20.8.